The maximum absolute atomic E-state index is 12.1. The molecule has 1 aliphatic rings. The summed E-state index contributed by atoms with van der Waals surface area (Å²) in [5.74, 6) is 0.00666. The van der Waals surface area contributed by atoms with Crippen LogP contribution in [0.3, 0.4) is 0 Å². The van der Waals surface area contributed by atoms with Gasteiger partial charge in [-0.15, -0.1) is 0 Å². The first-order chi connectivity index (χ1) is 9.63. The van der Waals surface area contributed by atoms with E-state index in [4.69, 9.17) is 16.6 Å². The number of benzene rings is 1. The lowest BCUT2D eigenvalue weighted by atomic mass is 10.1. The Morgan fingerprint density at radius 3 is 3.10 bits per heavy atom. The van der Waals surface area contributed by atoms with Gasteiger partial charge in [0.1, 0.15) is 0 Å². The molecule has 2 aromatic rings. The zero-order chi connectivity index (χ0) is 14.1. The molecule has 5 nitrogen and oxygen atoms in total. The van der Waals surface area contributed by atoms with Crippen LogP contribution >= 0.6 is 12.2 Å². The molecule has 1 aliphatic carbocycles. The molecule has 0 unspecified atom stereocenters. The molecule has 0 radical (unpaired) electrons. The molecule has 6 heteroatoms. The quantitative estimate of drug-likeness (QED) is 0.759. The van der Waals surface area contributed by atoms with Gasteiger partial charge in [0.2, 0.25) is 0 Å². The zero-order valence-electron chi connectivity index (χ0n) is 10.9. The largest absolute Gasteiger partial charge is 0.429 e. The van der Waals surface area contributed by atoms with Gasteiger partial charge in [0.05, 0.1) is 11.6 Å². The number of aromatic amines is 1. The second-order valence-electron chi connectivity index (χ2n) is 5.19. The van der Waals surface area contributed by atoms with Crippen LogP contribution in [0.5, 0.6) is 0 Å². The summed E-state index contributed by atoms with van der Waals surface area (Å²) in [6.07, 6.45) is 2.53. The van der Waals surface area contributed by atoms with Gasteiger partial charge in [-0.25, -0.2) is 0 Å². The van der Waals surface area contributed by atoms with Gasteiger partial charge in [0.25, 0.3) is 10.7 Å². The summed E-state index contributed by atoms with van der Waals surface area (Å²) in [7, 11) is 0. The van der Waals surface area contributed by atoms with E-state index >= 15 is 0 Å². The van der Waals surface area contributed by atoms with Crippen molar-refractivity contribution in [3.63, 3.8) is 0 Å². The first-order valence-electron chi connectivity index (χ1n) is 6.72. The summed E-state index contributed by atoms with van der Waals surface area (Å²) in [5, 5.41) is 12.6. The molecule has 1 heterocycles. The minimum atomic E-state index is -0.291. The molecule has 3 N–H and O–H groups in total. The Kier molecular flexibility index (Phi) is 3.58. The molecule has 0 bridgehead atoms. The van der Waals surface area contributed by atoms with Gasteiger partial charge in [0, 0.05) is 18.0 Å². The number of oxazole rings is 1. The maximum atomic E-state index is 12.1. The number of carbonyl (C=O) groups is 1. The normalized spacial score (nSPS) is 22.2. The van der Waals surface area contributed by atoms with Crippen molar-refractivity contribution in [3.8, 4) is 0 Å². The number of nitrogens with one attached hydrogen (secondary N) is 2. The van der Waals surface area contributed by atoms with Crippen molar-refractivity contribution in [2.45, 2.75) is 25.4 Å². The standard InChI is InChI=1S/C14H16N2O3S/c17-11-3-1-2-9(11)7-15-13(18)8-4-5-10-12(6-8)19-14(20)16-10/h4-6,9,11,17H,1-3,7H2,(H,15,18)(H,16,20)/t9-,11-/m0/s1. The number of hydrogen-bond acceptors (Lipinski definition) is 4. The molecule has 3 rings (SSSR count). The van der Waals surface area contributed by atoms with Crippen molar-refractivity contribution in [3.05, 3.63) is 28.6 Å². The summed E-state index contributed by atoms with van der Waals surface area (Å²) in [5.41, 5.74) is 1.88. The highest BCUT2D eigenvalue weighted by molar-refractivity contribution is 7.71. The lowest BCUT2D eigenvalue weighted by Gasteiger charge is -2.14. The minimum Gasteiger partial charge on any atom is -0.429 e. The maximum Gasteiger partial charge on any atom is 0.266 e. The lowest BCUT2D eigenvalue weighted by molar-refractivity contribution is 0.0917. The third kappa shape index (κ3) is 2.62. The number of aliphatic hydroxyl groups excluding tert-OH is 1. The van der Waals surface area contributed by atoms with Crippen LogP contribution in [-0.4, -0.2) is 28.6 Å². The number of H-pyrrole nitrogens is 1. The van der Waals surface area contributed by atoms with Crippen LogP contribution in [0.4, 0.5) is 0 Å². The van der Waals surface area contributed by atoms with Gasteiger partial charge in [-0.1, -0.05) is 6.42 Å². The van der Waals surface area contributed by atoms with E-state index in [2.05, 4.69) is 10.3 Å². The summed E-state index contributed by atoms with van der Waals surface area (Å²) in [4.78, 5) is 15.3. The van der Waals surface area contributed by atoms with Gasteiger partial charge >= 0.3 is 0 Å². The highest BCUT2D eigenvalue weighted by Gasteiger charge is 2.25. The van der Waals surface area contributed by atoms with Crippen molar-refractivity contribution >= 4 is 29.2 Å². The predicted molar refractivity (Wildman–Crippen MR) is 77.1 cm³/mol. The molecular weight excluding hydrogens is 276 g/mol. The Bertz CT molecular complexity index is 691. The second-order valence-corrected chi connectivity index (χ2v) is 5.56. The summed E-state index contributed by atoms with van der Waals surface area (Å²) in [6, 6.07) is 5.17. The number of fused-ring (bicyclic) bond motifs is 1. The number of amides is 1. The summed E-state index contributed by atoms with van der Waals surface area (Å²) >= 11 is 4.91. The molecule has 1 aromatic carbocycles. The van der Waals surface area contributed by atoms with Gasteiger partial charge in [-0.05, 0) is 43.3 Å². The van der Waals surface area contributed by atoms with E-state index < -0.39 is 0 Å². The van der Waals surface area contributed by atoms with E-state index in [1.165, 1.54) is 0 Å². The van der Waals surface area contributed by atoms with Crippen LogP contribution in [0.1, 0.15) is 29.6 Å². The third-order valence-corrected chi connectivity index (χ3v) is 4.01. The first kappa shape index (κ1) is 13.3. The van der Waals surface area contributed by atoms with Crippen LogP contribution in [0.25, 0.3) is 11.1 Å². The van der Waals surface area contributed by atoms with Crippen LogP contribution < -0.4 is 5.32 Å². The molecule has 1 amide bonds. The van der Waals surface area contributed by atoms with Crippen molar-refractivity contribution in [2.75, 3.05) is 6.54 Å². The zero-order valence-corrected chi connectivity index (χ0v) is 11.7. The van der Waals surface area contributed by atoms with Gasteiger partial charge in [-0.2, -0.15) is 0 Å². The number of aromatic nitrogens is 1. The van der Waals surface area contributed by atoms with Crippen molar-refractivity contribution in [2.24, 2.45) is 5.92 Å². The molecule has 2 atom stereocenters. The van der Waals surface area contributed by atoms with Gasteiger partial charge < -0.3 is 19.8 Å². The molecule has 20 heavy (non-hydrogen) atoms. The average molecular weight is 292 g/mol. The third-order valence-electron chi connectivity index (χ3n) is 3.83. The molecule has 0 aliphatic heterocycles. The Hall–Kier alpha value is -1.66. The molecule has 1 saturated carbocycles. The molecule has 106 valence electrons. The summed E-state index contributed by atoms with van der Waals surface area (Å²) in [6.45, 7) is 0.509. The van der Waals surface area contributed by atoms with E-state index in [1.807, 2.05) is 0 Å². The highest BCUT2D eigenvalue weighted by Crippen LogP contribution is 2.24. The minimum absolute atomic E-state index is 0.159. The van der Waals surface area contributed by atoms with Crippen molar-refractivity contribution < 1.29 is 14.3 Å². The second kappa shape index (κ2) is 5.38. The molecule has 1 aromatic heterocycles. The molecule has 0 saturated heterocycles. The predicted octanol–water partition coefficient (Wildman–Crippen LogP) is 2.38. The van der Waals surface area contributed by atoms with Crippen LogP contribution in [0.2, 0.25) is 0 Å². The van der Waals surface area contributed by atoms with E-state index in [-0.39, 0.29) is 17.9 Å². The smallest absolute Gasteiger partial charge is 0.266 e. The first-order valence-corrected chi connectivity index (χ1v) is 7.13. The van der Waals surface area contributed by atoms with Crippen LogP contribution in [0, 0.1) is 10.8 Å². The highest BCUT2D eigenvalue weighted by atomic mass is 32.1. The molecular formula is C14H16N2O3S. The Labute approximate surface area is 121 Å². The van der Waals surface area contributed by atoms with Crippen LogP contribution in [0.15, 0.2) is 22.6 Å². The summed E-state index contributed by atoms with van der Waals surface area (Å²) < 4.78 is 5.29. The lowest BCUT2D eigenvalue weighted by Crippen LogP contribution is -2.32. The van der Waals surface area contributed by atoms with E-state index in [9.17, 15) is 9.90 Å². The molecule has 0 spiro atoms. The topological polar surface area (TPSA) is 78.3 Å². The van der Waals surface area contributed by atoms with Crippen molar-refractivity contribution in [1.29, 1.82) is 0 Å². The van der Waals surface area contributed by atoms with Gasteiger partial charge in [-0.3, -0.25) is 4.79 Å². The fourth-order valence-corrected chi connectivity index (χ4v) is 2.87. The van der Waals surface area contributed by atoms with E-state index in [0.717, 1.165) is 24.8 Å². The molecule has 1 fully saturated rings. The monoisotopic (exact) mass is 292 g/mol. The number of rotatable bonds is 3. The average Bonchev–Trinajstić information content (AvgIpc) is 2.99. The SMILES string of the molecule is O=C(NC[C@@H]1CCC[C@@H]1O)c1ccc2[nH]c(=S)oc2c1. The Morgan fingerprint density at radius 1 is 1.50 bits per heavy atom. The number of hydrogen-bond donors (Lipinski definition) is 3. The van der Waals surface area contributed by atoms with Gasteiger partial charge in [0.15, 0.2) is 5.58 Å². The number of carbonyl (C=O) groups excluding carboxylic acids is 1. The Balaban J connectivity index is 1.70. The van der Waals surface area contributed by atoms with Crippen LogP contribution in [-0.2, 0) is 0 Å². The fourth-order valence-electron chi connectivity index (χ4n) is 2.67. The number of aliphatic hydroxyl groups is 1. The Morgan fingerprint density at radius 2 is 2.35 bits per heavy atom. The van der Waals surface area contributed by atoms with E-state index in [1.54, 1.807) is 18.2 Å². The fraction of sp³-hybridized carbons (Fsp3) is 0.429. The van der Waals surface area contributed by atoms with E-state index in [0.29, 0.717) is 22.5 Å². The van der Waals surface area contributed by atoms with Crippen molar-refractivity contribution in [1.82, 2.24) is 10.3 Å².